The van der Waals surface area contributed by atoms with Crippen LogP contribution in [0.2, 0.25) is 0 Å². The second kappa shape index (κ2) is 7.53. The molecule has 0 radical (unpaired) electrons. The van der Waals surface area contributed by atoms with Gasteiger partial charge in [0.1, 0.15) is 5.76 Å². The predicted octanol–water partition coefficient (Wildman–Crippen LogP) is 3.33. The Balaban J connectivity index is 1.58. The third-order valence-corrected chi connectivity index (χ3v) is 4.49. The minimum atomic E-state index is -0.130. The van der Waals surface area contributed by atoms with Crippen molar-refractivity contribution in [1.29, 1.82) is 0 Å². The van der Waals surface area contributed by atoms with E-state index >= 15 is 0 Å². The van der Waals surface area contributed by atoms with Crippen molar-refractivity contribution < 1.29 is 9.21 Å². The summed E-state index contributed by atoms with van der Waals surface area (Å²) in [6, 6.07) is 14.0. The molecule has 2 aromatic rings. The number of benzene rings is 1. The molecule has 2 amide bonds. The zero-order chi connectivity index (χ0) is 16.9. The van der Waals surface area contributed by atoms with Gasteiger partial charge in [-0.25, -0.2) is 4.79 Å². The third kappa shape index (κ3) is 4.17. The van der Waals surface area contributed by atoms with E-state index in [1.165, 1.54) is 18.4 Å². The van der Waals surface area contributed by atoms with Crippen molar-refractivity contribution in [1.82, 2.24) is 15.5 Å². The molecule has 0 aliphatic heterocycles. The van der Waals surface area contributed by atoms with Crippen LogP contribution in [0.1, 0.15) is 36.2 Å². The van der Waals surface area contributed by atoms with Crippen molar-refractivity contribution in [2.24, 2.45) is 5.92 Å². The molecular weight excluding hydrogens is 302 g/mol. The van der Waals surface area contributed by atoms with E-state index in [-0.39, 0.29) is 18.1 Å². The Bertz CT molecular complexity index is 636. The van der Waals surface area contributed by atoms with E-state index in [2.05, 4.69) is 22.8 Å². The average Bonchev–Trinajstić information content (AvgIpc) is 3.28. The lowest BCUT2D eigenvalue weighted by Crippen LogP contribution is -2.42. The lowest BCUT2D eigenvalue weighted by molar-refractivity contribution is 0.221. The number of hydrogen-bond acceptors (Lipinski definition) is 3. The van der Waals surface area contributed by atoms with E-state index in [9.17, 15) is 4.79 Å². The number of rotatable bonds is 7. The first-order valence-corrected chi connectivity index (χ1v) is 8.44. The van der Waals surface area contributed by atoms with Crippen LogP contribution in [-0.4, -0.2) is 31.6 Å². The van der Waals surface area contributed by atoms with Crippen LogP contribution in [0.25, 0.3) is 0 Å². The first-order valence-electron chi connectivity index (χ1n) is 8.44. The highest BCUT2D eigenvalue weighted by molar-refractivity contribution is 5.74. The summed E-state index contributed by atoms with van der Waals surface area (Å²) < 4.78 is 5.47. The van der Waals surface area contributed by atoms with Gasteiger partial charge in [0.15, 0.2) is 0 Å². The van der Waals surface area contributed by atoms with Crippen LogP contribution in [0.5, 0.6) is 0 Å². The molecule has 1 aromatic carbocycles. The number of carbonyl (C=O) groups is 1. The van der Waals surface area contributed by atoms with Crippen molar-refractivity contribution in [2.75, 3.05) is 20.6 Å². The molecule has 128 valence electrons. The standard InChI is InChI=1S/C19H25N3O2/c1-22(2)16(17-9-6-12-24-17)13-20-19(23)21-18(15-10-11-15)14-7-4-3-5-8-14/h3-9,12,15-16,18H,10-11,13H2,1-2H3,(H2,20,21,23). The molecule has 2 atom stereocenters. The van der Waals surface area contributed by atoms with Gasteiger partial charge in [0.05, 0.1) is 18.3 Å². The van der Waals surface area contributed by atoms with Crippen molar-refractivity contribution >= 4 is 6.03 Å². The molecule has 1 aliphatic rings. The molecule has 0 saturated heterocycles. The Morgan fingerprint density at radius 1 is 1.21 bits per heavy atom. The maximum atomic E-state index is 12.4. The largest absolute Gasteiger partial charge is 0.468 e. The van der Waals surface area contributed by atoms with E-state index in [0.29, 0.717) is 12.5 Å². The Kier molecular flexibility index (Phi) is 5.20. The molecule has 5 heteroatoms. The maximum absolute atomic E-state index is 12.4. The number of carbonyl (C=O) groups excluding carboxylic acids is 1. The molecule has 1 saturated carbocycles. The summed E-state index contributed by atoms with van der Waals surface area (Å²) in [5.41, 5.74) is 1.17. The second-order valence-electron chi connectivity index (χ2n) is 6.57. The minimum absolute atomic E-state index is 0.0156. The SMILES string of the molecule is CN(C)C(CNC(=O)NC(c1ccccc1)C1CC1)c1ccco1. The summed E-state index contributed by atoms with van der Waals surface area (Å²) in [4.78, 5) is 14.4. The summed E-state index contributed by atoms with van der Waals surface area (Å²) in [6.07, 6.45) is 4.00. The van der Waals surface area contributed by atoms with E-state index in [0.717, 1.165) is 5.76 Å². The number of nitrogens with zero attached hydrogens (tertiary/aromatic N) is 1. The topological polar surface area (TPSA) is 57.5 Å². The smallest absolute Gasteiger partial charge is 0.315 e. The van der Waals surface area contributed by atoms with E-state index in [4.69, 9.17) is 4.42 Å². The first-order chi connectivity index (χ1) is 11.6. The van der Waals surface area contributed by atoms with Crippen LogP contribution >= 0.6 is 0 Å². The van der Waals surface area contributed by atoms with Gasteiger partial charge < -0.3 is 15.1 Å². The molecule has 5 nitrogen and oxygen atoms in total. The number of hydrogen-bond donors (Lipinski definition) is 2. The quantitative estimate of drug-likeness (QED) is 0.820. The van der Waals surface area contributed by atoms with Crippen LogP contribution in [0.3, 0.4) is 0 Å². The van der Waals surface area contributed by atoms with E-state index < -0.39 is 0 Å². The molecule has 0 spiro atoms. The summed E-state index contributed by atoms with van der Waals surface area (Å²) in [6.45, 7) is 0.499. The van der Waals surface area contributed by atoms with Gasteiger partial charge in [-0.05, 0) is 50.6 Å². The van der Waals surface area contributed by atoms with Crippen LogP contribution in [0.4, 0.5) is 4.79 Å². The van der Waals surface area contributed by atoms with Crippen LogP contribution in [-0.2, 0) is 0 Å². The highest BCUT2D eigenvalue weighted by Crippen LogP contribution is 2.40. The Labute approximate surface area is 143 Å². The van der Waals surface area contributed by atoms with Crippen molar-refractivity contribution in [3.63, 3.8) is 0 Å². The zero-order valence-corrected chi connectivity index (χ0v) is 14.2. The Morgan fingerprint density at radius 3 is 2.54 bits per heavy atom. The van der Waals surface area contributed by atoms with E-state index in [1.807, 2.05) is 49.3 Å². The number of amides is 2. The summed E-state index contributed by atoms with van der Waals surface area (Å²) in [5, 5.41) is 6.12. The van der Waals surface area contributed by atoms with Gasteiger partial charge in [0.2, 0.25) is 0 Å². The fourth-order valence-corrected chi connectivity index (χ4v) is 2.96. The molecule has 0 bridgehead atoms. The molecule has 1 heterocycles. The minimum Gasteiger partial charge on any atom is -0.468 e. The number of furan rings is 1. The number of nitrogens with one attached hydrogen (secondary N) is 2. The highest BCUT2D eigenvalue weighted by Gasteiger charge is 2.33. The molecular formula is C19H25N3O2. The van der Waals surface area contributed by atoms with Gasteiger partial charge in [-0.15, -0.1) is 0 Å². The highest BCUT2D eigenvalue weighted by atomic mass is 16.3. The average molecular weight is 327 g/mol. The molecule has 3 rings (SSSR count). The molecule has 2 unspecified atom stereocenters. The maximum Gasteiger partial charge on any atom is 0.315 e. The van der Waals surface area contributed by atoms with Crippen molar-refractivity contribution in [2.45, 2.75) is 24.9 Å². The zero-order valence-electron chi connectivity index (χ0n) is 14.2. The first kappa shape index (κ1) is 16.6. The molecule has 24 heavy (non-hydrogen) atoms. The van der Waals surface area contributed by atoms with Gasteiger partial charge in [-0.2, -0.15) is 0 Å². The van der Waals surface area contributed by atoms with Crippen LogP contribution in [0, 0.1) is 5.92 Å². The van der Waals surface area contributed by atoms with Gasteiger partial charge in [-0.3, -0.25) is 4.90 Å². The van der Waals surface area contributed by atoms with Crippen molar-refractivity contribution in [3.8, 4) is 0 Å². The Hall–Kier alpha value is -2.27. The van der Waals surface area contributed by atoms with Crippen LogP contribution in [0.15, 0.2) is 53.1 Å². The Morgan fingerprint density at radius 2 is 1.96 bits per heavy atom. The molecule has 1 aliphatic carbocycles. The van der Waals surface area contributed by atoms with Gasteiger partial charge in [-0.1, -0.05) is 30.3 Å². The molecule has 1 aromatic heterocycles. The summed E-state index contributed by atoms with van der Waals surface area (Å²) >= 11 is 0. The molecule has 1 fully saturated rings. The predicted molar refractivity (Wildman–Crippen MR) is 93.6 cm³/mol. The lowest BCUT2D eigenvalue weighted by atomic mass is 10.0. The van der Waals surface area contributed by atoms with E-state index in [1.54, 1.807) is 6.26 Å². The van der Waals surface area contributed by atoms with Crippen LogP contribution < -0.4 is 10.6 Å². The summed E-state index contributed by atoms with van der Waals surface area (Å²) in [5.74, 6) is 1.40. The summed E-state index contributed by atoms with van der Waals surface area (Å²) in [7, 11) is 3.95. The molecule has 2 N–H and O–H groups in total. The van der Waals surface area contributed by atoms with Crippen molar-refractivity contribution in [3.05, 3.63) is 60.1 Å². The normalized spacial score (nSPS) is 16.6. The fourth-order valence-electron chi connectivity index (χ4n) is 2.96. The van der Waals surface area contributed by atoms with Gasteiger partial charge in [0, 0.05) is 6.54 Å². The monoisotopic (exact) mass is 327 g/mol. The van der Waals surface area contributed by atoms with Gasteiger partial charge >= 0.3 is 6.03 Å². The third-order valence-electron chi connectivity index (χ3n) is 4.49. The number of urea groups is 1. The fraction of sp³-hybridized carbons (Fsp3) is 0.421. The van der Waals surface area contributed by atoms with Gasteiger partial charge in [0.25, 0.3) is 0 Å². The lowest BCUT2D eigenvalue weighted by Gasteiger charge is -2.24. The second-order valence-corrected chi connectivity index (χ2v) is 6.57. The number of likely N-dealkylation sites (N-methyl/N-ethyl adjacent to an activating group) is 1.